The van der Waals surface area contributed by atoms with E-state index in [9.17, 15) is 14.4 Å². The highest BCUT2D eigenvalue weighted by molar-refractivity contribution is 5.98. The lowest BCUT2D eigenvalue weighted by Crippen LogP contribution is -2.50. The average Bonchev–Trinajstić information content (AvgIpc) is 2.77. The summed E-state index contributed by atoms with van der Waals surface area (Å²) in [5.74, 6) is -2.43. The molecule has 23 heavy (non-hydrogen) atoms. The highest BCUT2D eigenvalue weighted by atomic mass is 16.8. The van der Waals surface area contributed by atoms with Gasteiger partial charge < -0.3 is 18.9 Å². The van der Waals surface area contributed by atoms with Gasteiger partial charge in [-0.15, -0.1) is 0 Å². The van der Waals surface area contributed by atoms with E-state index in [4.69, 9.17) is 14.2 Å². The SMILES string of the molecule is CC[C@]12CCN(C(=O)OC(C)(C)C)C(=O)[C@H](O1)[C@H](C(=O)OC)O2. The molecule has 2 saturated heterocycles. The topological polar surface area (TPSA) is 91.4 Å². The minimum Gasteiger partial charge on any atom is -0.467 e. The smallest absolute Gasteiger partial charge is 0.417 e. The van der Waals surface area contributed by atoms with Gasteiger partial charge in [-0.3, -0.25) is 4.79 Å². The van der Waals surface area contributed by atoms with E-state index in [1.54, 1.807) is 20.8 Å². The number of hydrogen-bond acceptors (Lipinski definition) is 7. The van der Waals surface area contributed by atoms with E-state index in [0.29, 0.717) is 6.42 Å². The van der Waals surface area contributed by atoms with Gasteiger partial charge in [-0.25, -0.2) is 14.5 Å². The molecule has 0 aromatic carbocycles. The number of ether oxygens (including phenoxy) is 4. The van der Waals surface area contributed by atoms with Crippen molar-refractivity contribution in [1.82, 2.24) is 4.90 Å². The van der Waals surface area contributed by atoms with Crippen molar-refractivity contribution >= 4 is 18.0 Å². The Balaban J connectivity index is 2.26. The summed E-state index contributed by atoms with van der Waals surface area (Å²) in [5.41, 5.74) is -0.732. The molecule has 2 amide bonds. The van der Waals surface area contributed by atoms with Gasteiger partial charge in [0.05, 0.1) is 7.11 Å². The number of carbonyl (C=O) groups is 3. The first-order chi connectivity index (χ1) is 10.6. The summed E-state index contributed by atoms with van der Waals surface area (Å²) in [6, 6.07) is 0. The van der Waals surface area contributed by atoms with Crippen LogP contribution in [0, 0.1) is 0 Å². The largest absolute Gasteiger partial charge is 0.467 e. The zero-order valence-corrected chi connectivity index (χ0v) is 14.1. The van der Waals surface area contributed by atoms with E-state index in [1.807, 2.05) is 6.92 Å². The molecule has 0 radical (unpaired) electrons. The van der Waals surface area contributed by atoms with Crippen LogP contribution in [0.15, 0.2) is 0 Å². The molecular formula is C15H23NO7. The normalized spacial score (nSPS) is 30.8. The van der Waals surface area contributed by atoms with Crippen LogP contribution >= 0.6 is 0 Å². The lowest BCUT2D eigenvalue weighted by atomic mass is 10.1. The molecule has 0 saturated carbocycles. The Morgan fingerprint density at radius 1 is 1.35 bits per heavy atom. The van der Waals surface area contributed by atoms with E-state index in [2.05, 4.69) is 4.74 Å². The highest BCUT2D eigenvalue weighted by Gasteiger charge is 2.57. The number of fused-ring (bicyclic) bond motifs is 2. The van der Waals surface area contributed by atoms with Crippen LogP contribution < -0.4 is 0 Å². The summed E-state index contributed by atoms with van der Waals surface area (Å²) in [6.45, 7) is 7.06. The summed E-state index contributed by atoms with van der Waals surface area (Å²) in [5, 5.41) is 0. The Hall–Kier alpha value is -1.67. The molecule has 2 fully saturated rings. The van der Waals surface area contributed by atoms with Gasteiger partial charge in [0.1, 0.15) is 5.60 Å². The number of rotatable bonds is 2. The molecule has 0 aromatic rings. The summed E-state index contributed by atoms with van der Waals surface area (Å²) in [6.07, 6.45) is -2.45. The van der Waals surface area contributed by atoms with Crippen molar-refractivity contribution in [2.45, 2.75) is 64.1 Å². The second-order valence-electron chi connectivity index (χ2n) is 6.58. The first kappa shape index (κ1) is 17.7. The van der Waals surface area contributed by atoms with Gasteiger partial charge in [0, 0.05) is 13.0 Å². The first-order valence-corrected chi connectivity index (χ1v) is 7.60. The van der Waals surface area contributed by atoms with Crippen LogP contribution in [-0.4, -0.2) is 60.1 Å². The summed E-state index contributed by atoms with van der Waals surface area (Å²) in [7, 11) is 1.20. The lowest BCUT2D eigenvalue weighted by molar-refractivity contribution is -0.186. The molecule has 2 aliphatic rings. The number of hydrogen-bond donors (Lipinski definition) is 0. The van der Waals surface area contributed by atoms with E-state index in [1.165, 1.54) is 7.11 Å². The first-order valence-electron chi connectivity index (χ1n) is 7.60. The minimum absolute atomic E-state index is 0.103. The van der Waals surface area contributed by atoms with E-state index < -0.39 is 41.6 Å². The van der Waals surface area contributed by atoms with Crippen LogP contribution in [-0.2, 0) is 28.5 Å². The van der Waals surface area contributed by atoms with Crippen molar-refractivity contribution in [1.29, 1.82) is 0 Å². The second-order valence-corrected chi connectivity index (χ2v) is 6.58. The third-order valence-electron chi connectivity index (χ3n) is 3.77. The zero-order chi connectivity index (χ0) is 17.4. The molecule has 2 aliphatic heterocycles. The number of imide groups is 1. The van der Waals surface area contributed by atoms with Gasteiger partial charge in [0.15, 0.2) is 18.0 Å². The third kappa shape index (κ3) is 3.48. The van der Waals surface area contributed by atoms with Gasteiger partial charge in [0.2, 0.25) is 0 Å². The van der Waals surface area contributed by atoms with Gasteiger partial charge in [-0.1, -0.05) is 6.92 Å². The lowest BCUT2D eigenvalue weighted by Gasteiger charge is -2.29. The number of carbonyl (C=O) groups excluding carboxylic acids is 3. The fraction of sp³-hybridized carbons (Fsp3) is 0.800. The standard InChI is InChI=1S/C15H23NO7/c1-6-15-7-8-16(13(19)23-14(2,3)4)11(17)9(21-15)10(22-15)12(18)20-5/h9-10H,6-8H2,1-5H3/t9-,10-,15+/m1/s1. The Kier molecular flexibility index (Phi) is 4.68. The van der Waals surface area contributed by atoms with E-state index in [0.717, 1.165) is 4.90 Å². The molecule has 3 atom stereocenters. The average molecular weight is 329 g/mol. The van der Waals surface area contributed by atoms with Gasteiger partial charge in [0.25, 0.3) is 5.91 Å². The predicted octanol–water partition coefficient (Wildman–Crippen LogP) is 1.22. The number of nitrogens with zero attached hydrogens (tertiary/aromatic N) is 1. The maximum Gasteiger partial charge on any atom is 0.417 e. The van der Waals surface area contributed by atoms with Crippen LogP contribution in [0.2, 0.25) is 0 Å². The Morgan fingerprint density at radius 3 is 2.52 bits per heavy atom. The van der Waals surface area contributed by atoms with Crippen molar-refractivity contribution in [3.8, 4) is 0 Å². The van der Waals surface area contributed by atoms with Crippen molar-refractivity contribution in [2.75, 3.05) is 13.7 Å². The fourth-order valence-electron chi connectivity index (χ4n) is 2.59. The number of amides is 2. The summed E-state index contributed by atoms with van der Waals surface area (Å²) < 4.78 is 21.3. The molecule has 2 heterocycles. The third-order valence-corrected chi connectivity index (χ3v) is 3.77. The van der Waals surface area contributed by atoms with E-state index in [-0.39, 0.29) is 13.0 Å². The second kappa shape index (κ2) is 6.09. The van der Waals surface area contributed by atoms with Crippen LogP contribution in [0.1, 0.15) is 40.5 Å². The van der Waals surface area contributed by atoms with Crippen molar-refractivity contribution in [3.05, 3.63) is 0 Å². The van der Waals surface area contributed by atoms with Crippen LogP contribution in [0.25, 0.3) is 0 Å². The fourth-order valence-corrected chi connectivity index (χ4v) is 2.59. The molecule has 130 valence electrons. The maximum atomic E-state index is 12.6. The van der Waals surface area contributed by atoms with Crippen LogP contribution in [0.3, 0.4) is 0 Å². The Labute approximate surface area is 135 Å². The maximum absolute atomic E-state index is 12.6. The zero-order valence-electron chi connectivity index (χ0n) is 14.1. The number of methoxy groups -OCH3 is 1. The quantitative estimate of drug-likeness (QED) is 0.703. The molecule has 2 bridgehead atoms. The van der Waals surface area contributed by atoms with Crippen LogP contribution in [0.5, 0.6) is 0 Å². The summed E-state index contributed by atoms with van der Waals surface area (Å²) in [4.78, 5) is 37.7. The van der Waals surface area contributed by atoms with Crippen molar-refractivity contribution < 1.29 is 33.3 Å². The highest BCUT2D eigenvalue weighted by Crippen LogP contribution is 2.38. The molecule has 8 heteroatoms. The molecule has 0 N–H and O–H groups in total. The summed E-state index contributed by atoms with van der Waals surface area (Å²) >= 11 is 0. The molecule has 2 rings (SSSR count). The Morgan fingerprint density at radius 2 is 2.00 bits per heavy atom. The molecule has 0 aromatic heterocycles. The van der Waals surface area contributed by atoms with Gasteiger partial charge >= 0.3 is 12.1 Å². The minimum atomic E-state index is -1.21. The van der Waals surface area contributed by atoms with Crippen molar-refractivity contribution in [2.24, 2.45) is 0 Å². The molecule has 8 nitrogen and oxygen atoms in total. The van der Waals surface area contributed by atoms with Gasteiger partial charge in [-0.05, 0) is 27.2 Å². The molecule has 0 unspecified atom stereocenters. The predicted molar refractivity (Wildman–Crippen MR) is 77.3 cm³/mol. The van der Waals surface area contributed by atoms with Gasteiger partial charge in [-0.2, -0.15) is 0 Å². The molecular weight excluding hydrogens is 306 g/mol. The Bertz CT molecular complexity index is 512. The van der Waals surface area contributed by atoms with E-state index >= 15 is 0 Å². The van der Waals surface area contributed by atoms with Crippen LogP contribution in [0.4, 0.5) is 4.79 Å². The molecule has 0 aliphatic carbocycles. The monoisotopic (exact) mass is 329 g/mol. The molecule has 0 spiro atoms. The number of esters is 1. The van der Waals surface area contributed by atoms with Crippen molar-refractivity contribution in [3.63, 3.8) is 0 Å².